The molecule has 0 radical (unpaired) electrons. The molecule has 2 N–H and O–H groups in total. The summed E-state index contributed by atoms with van der Waals surface area (Å²) in [5.41, 5.74) is 3.02. The second-order valence-corrected chi connectivity index (χ2v) is 4.94. The topological polar surface area (TPSA) is 66.8 Å². The number of benzene rings is 2. The standard InChI is InChI=1S/C17H18O4/c1-11-12(2)16(19)17(20)14(8-18)15(11)10-21-9-13-6-4-3-5-7-13/h3-8,19-20H,9-10H2,1-2H3. The van der Waals surface area contributed by atoms with Crippen molar-refractivity contribution >= 4 is 6.29 Å². The molecule has 110 valence electrons. The van der Waals surface area contributed by atoms with Crippen LogP contribution in [0.5, 0.6) is 11.5 Å². The van der Waals surface area contributed by atoms with Crippen LogP contribution < -0.4 is 0 Å². The van der Waals surface area contributed by atoms with Crippen molar-refractivity contribution in [2.45, 2.75) is 27.1 Å². The Labute approximate surface area is 123 Å². The van der Waals surface area contributed by atoms with Crippen molar-refractivity contribution in [3.05, 3.63) is 58.1 Å². The first-order valence-corrected chi connectivity index (χ1v) is 6.67. The molecule has 0 aliphatic carbocycles. The van der Waals surface area contributed by atoms with Gasteiger partial charge in [-0.05, 0) is 36.1 Å². The number of ether oxygens (including phenoxy) is 1. The van der Waals surface area contributed by atoms with Crippen LogP contribution in [0.4, 0.5) is 0 Å². The van der Waals surface area contributed by atoms with E-state index in [-0.39, 0.29) is 23.7 Å². The first-order valence-electron chi connectivity index (χ1n) is 6.67. The molecule has 0 heterocycles. The van der Waals surface area contributed by atoms with Crippen LogP contribution in [0.3, 0.4) is 0 Å². The quantitative estimate of drug-likeness (QED) is 0.654. The average molecular weight is 286 g/mol. The molecule has 0 spiro atoms. The van der Waals surface area contributed by atoms with Gasteiger partial charge in [0, 0.05) is 0 Å². The molecular weight excluding hydrogens is 268 g/mol. The van der Waals surface area contributed by atoms with Gasteiger partial charge in [-0.1, -0.05) is 30.3 Å². The number of phenolic OH excluding ortho intramolecular Hbond substituents is 2. The first kappa shape index (κ1) is 15.1. The lowest BCUT2D eigenvalue weighted by Gasteiger charge is -2.15. The monoisotopic (exact) mass is 286 g/mol. The van der Waals surface area contributed by atoms with E-state index in [1.165, 1.54) is 0 Å². The summed E-state index contributed by atoms with van der Waals surface area (Å²) in [6, 6.07) is 9.69. The smallest absolute Gasteiger partial charge is 0.168 e. The zero-order valence-electron chi connectivity index (χ0n) is 12.1. The molecule has 4 nitrogen and oxygen atoms in total. The lowest BCUT2D eigenvalue weighted by Crippen LogP contribution is -2.03. The van der Waals surface area contributed by atoms with Gasteiger partial charge in [-0.25, -0.2) is 0 Å². The Morgan fingerprint density at radius 2 is 1.67 bits per heavy atom. The molecule has 2 aromatic carbocycles. The molecule has 0 saturated carbocycles. The van der Waals surface area contributed by atoms with E-state index in [1.54, 1.807) is 13.8 Å². The van der Waals surface area contributed by atoms with Crippen LogP contribution in [0.1, 0.15) is 32.6 Å². The van der Waals surface area contributed by atoms with Crippen molar-refractivity contribution < 1.29 is 19.7 Å². The molecule has 0 aliphatic heterocycles. The molecule has 21 heavy (non-hydrogen) atoms. The van der Waals surface area contributed by atoms with Gasteiger partial charge in [0.05, 0.1) is 18.8 Å². The molecule has 0 fully saturated rings. The highest BCUT2D eigenvalue weighted by Crippen LogP contribution is 2.37. The highest BCUT2D eigenvalue weighted by Gasteiger charge is 2.18. The number of hydrogen-bond acceptors (Lipinski definition) is 4. The Kier molecular flexibility index (Phi) is 4.60. The van der Waals surface area contributed by atoms with Crippen LogP contribution in [-0.4, -0.2) is 16.5 Å². The van der Waals surface area contributed by atoms with Gasteiger partial charge in [0.1, 0.15) is 0 Å². The normalized spacial score (nSPS) is 10.6. The highest BCUT2D eigenvalue weighted by molar-refractivity contribution is 5.84. The summed E-state index contributed by atoms with van der Waals surface area (Å²) in [5, 5.41) is 19.6. The second-order valence-electron chi connectivity index (χ2n) is 4.94. The molecule has 0 bridgehead atoms. The molecule has 0 aromatic heterocycles. The summed E-state index contributed by atoms with van der Waals surface area (Å²) in [6.45, 7) is 4.10. The minimum Gasteiger partial charge on any atom is -0.504 e. The predicted molar refractivity (Wildman–Crippen MR) is 79.6 cm³/mol. The molecule has 0 unspecified atom stereocenters. The molecule has 0 amide bonds. The molecule has 0 aliphatic rings. The summed E-state index contributed by atoms with van der Waals surface area (Å²) in [4.78, 5) is 11.2. The van der Waals surface area contributed by atoms with Crippen LogP contribution in [0.25, 0.3) is 0 Å². The number of carbonyl (C=O) groups is 1. The fraction of sp³-hybridized carbons (Fsp3) is 0.235. The third kappa shape index (κ3) is 3.06. The SMILES string of the molecule is Cc1c(C)c(COCc2ccccc2)c(C=O)c(O)c1O. The maximum atomic E-state index is 11.2. The molecule has 2 aromatic rings. The minimum absolute atomic E-state index is 0.0867. The lowest BCUT2D eigenvalue weighted by molar-refractivity contribution is 0.103. The first-order chi connectivity index (χ1) is 10.1. The van der Waals surface area contributed by atoms with Gasteiger partial charge in [0.2, 0.25) is 0 Å². The third-order valence-electron chi connectivity index (χ3n) is 3.65. The maximum absolute atomic E-state index is 11.2. The van der Waals surface area contributed by atoms with Gasteiger partial charge in [0.15, 0.2) is 17.8 Å². The number of rotatable bonds is 5. The fourth-order valence-corrected chi connectivity index (χ4v) is 2.21. The van der Waals surface area contributed by atoms with E-state index in [1.807, 2.05) is 30.3 Å². The van der Waals surface area contributed by atoms with E-state index in [0.717, 1.165) is 11.1 Å². The van der Waals surface area contributed by atoms with Gasteiger partial charge in [-0.2, -0.15) is 0 Å². The summed E-state index contributed by atoms with van der Waals surface area (Å²) >= 11 is 0. The van der Waals surface area contributed by atoms with Crippen LogP contribution in [0, 0.1) is 13.8 Å². The van der Waals surface area contributed by atoms with Crippen molar-refractivity contribution in [2.75, 3.05) is 0 Å². The Hall–Kier alpha value is -2.33. The second kappa shape index (κ2) is 6.41. The molecule has 0 atom stereocenters. The van der Waals surface area contributed by atoms with Crippen molar-refractivity contribution in [1.82, 2.24) is 0 Å². The average Bonchev–Trinajstić information content (AvgIpc) is 2.51. The molecule has 2 rings (SSSR count). The minimum atomic E-state index is -0.383. The van der Waals surface area contributed by atoms with Gasteiger partial charge < -0.3 is 14.9 Å². The van der Waals surface area contributed by atoms with Crippen molar-refractivity contribution in [2.24, 2.45) is 0 Å². The Morgan fingerprint density at radius 1 is 1.00 bits per heavy atom. The van der Waals surface area contributed by atoms with Crippen molar-refractivity contribution in [3.63, 3.8) is 0 Å². The van der Waals surface area contributed by atoms with E-state index in [9.17, 15) is 15.0 Å². The predicted octanol–water partition coefficient (Wildman–Crippen LogP) is 3.24. The van der Waals surface area contributed by atoms with E-state index >= 15 is 0 Å². The maximum Gasteiger partial charge on any atom is 0.168 e. The summed E-state index contributed by atoms with van der Waals surface area (Å²) in [5.74, 6) is -0.632. The third-order valence-corrected chi connectivity index (χ3v) is 3.65. The Morgan fingerprint density at radius 3 is 2.29 bits per heavy atom. The Balaban J connectivity index is 2.22. The molecular formula is C17H18O4. The van der Waals surface area contributed by atoms with Gasteiger partial charge >= 0.3 is 0 Å². The highest BCUT2D eigenvalue weighted by atomic mass is 16.5. The van der Waals surface area contributed by atoms with Gasteiger partial charge in [-0.15, -0.1) is 0 Å². The van der Waals surface area contributed by atoms with Gasteiger partial charge in [-0.3, -0.25) is 4.79 Å². The van der Waals surface area contributed by atoms with E-state index in [0.29, 0.717) is 24.0 Å². The lowest BCUT2D eigenvalue weighted by atomic mass is 9.96. The van der Waals surface area contributed by atoms with Crippen LogP contribution >= 0.6 is 0 Å². The summed E-state index contributed by atoms with van der Waals surface area (Å²) in [6.07, 6.45) is 0.544. The zero-order chi connectivity index (χ0) is 15.4. The number of hydrogen-bond donors (Lipinski definition) is 2. The number of aldehydes is 1. The van der Waals surface area contributed by atoms with Gasteiger partial charge in [0.25, 0.3) is 0 Å². The summed E-state index contributed by atoms with van der Waals surface area (Å²) < 4.78 is 5.63. The fourth-order valence-electron chi connectivity index (χ4n) is 2.21. The molecule has 4 heteroatoms. The van der Waals surface area contributed by atoms with E-state index in [4.69, 9.17) is 4.74 Å². The summed E-state index contributed by atoms with van der Waals surface area (Å²) in [7, 11) is 0. The number of carbonyl (C=O) groups excluding carboxylic acids is 1. The van der Waals surface area contributed by atoms with Crippen LogP contribution in [-0.2, 0) is 18.0 Å². The number of aromatic hydroxyl groups is 2. The zero-order valence-corrected chi connectivity index (χ0v) is 12.1. The van der Waals surface area contributed by atoms with Crippen LogP contribution in [0.15, 0.2) is 30.3 Å². The van der Waals surface area contributed by atoms with Crippen LogP contribution in [0.2, 0.25) is 0 Å². The van der Waals surface area contributed by atoms with Crippen molar-refractivity contribution in [1.29, 1.82) is 0 Å². The van der Waals surface area contributed by atoms with Crippen molar-refractivity contribution in [3.8, 4) is 11.5 Å². The van der Waals surface area contributed by atoms with E-state index < -0.39 is 0 Å². The molecule has 0 saturated heterocycles. The number of phenols is 2. The van der Waals surface area contributed by atoms with E-state index in [2.05, 4.69) is 0 Å². The Bertz CT molecular complexity index is 648. The largest absolute Gasteiger partial charge is 0.504 e.